The Labute approximate surface area is 93.9 Å². The van der Waals surface area contributed by atoms with E-state index in [1.807, 2.05) is 13.8 Å². The topological polar surface area (TPSA) is 35.2 Å². The minimum atomic E-state index is -0.132. The van der Waals surface area contributed by atoms with Crippen LogP contribution in [-0.2, 0) is 4.74 Å². The lowest BCUT2D eigenvalue weighted by atomic mass is 9.74. The summed E-state index contributed by atoms with van der Waals surface area (Å²) in [5, 5.41) is 0. The first-order valence-electron chi connectivity index (χ1n) is 6.07. The van der Waals surface area contributed by atoms with Gasteiger partial charge in [0, 0.05) is 6.61 Å². The average molecular weight is 211 g/mol. The van der Waals surface area contributed by atoms with Gasteiger partial charge in [-0.25, -0.2) is 0 Å². The molecule has 88 valence electrons. The Balaban J connectivity index is 2.74. The van der Waals surface area contributed by atoms with E-state index in [0.29, 0.717) is 0 Å². The first-order valence-corrected chi connectivity index (χ1v) is 6.07. The molecule has 0 aromatic heterocycles. The zero-order valence-corrected chi connectivity index (χ0v) is 10.4. The Bertz CT molecular complexity index is 217. The molecule has 2 N–H and O–H groups in total. The monoisotopic (exact) mass is 211 g/mol. The van der Waals surface area contributed by atoms with Gasteiger partial charge >= 0.3 is 0 Å². The molecule has 0 aliphatic heterocycles. The molecule has 2 nitrogen and oxygen atoms in total. The van der Waals surface area contributed by atoms with Crippen LogP contribution in [-0.4, -0.2) is 18.2 Å². The van der Waals surface area contributed by atoms with Gasteiger partial charge in [0.1, 0.15) is 0 Å². The van der Waals surface area contributed by atoms with Crippen molar-refractivity contribution < 1.29 is 4.74 Å². The number of rotatable bonds is 4. The number of hydrogen-bond donors (Lipinski definition) is 1. The minimum Gasteiger partial charge on any atom is -0.373 e. The van der Waals surface area contributed by atoms with Crippen LogP contribution in [0.3, 0.4) is 0 Å². The van der Waals surface area contributed by atoms with Crippen molar-refractivity contribution in [3.05, 3.63) is 12.2 Å². The fraction of sp³-hybridized carbons (Fsp3) is 0.846. The molecule has 2 heteroatoms. The van der Waals surface area contributed by atoms with Gasteiger partial charge in [0.2, 0.25) is 0 Å². The minimum absolute atomic E-state index is 0.00931. The van der Waals surface area contributed by atoms with E-state index < -0.39 is 0 Å². The second kappa shape index (κ2) is 5.13. The molecule has 0 aromatic rings. The molecular weight excluding hydrogens is 186 g/mol. The fourth-order valence-corrected chi connectivity index (χ4v) is 2.53. The van der Waals surface area contributed by atoms with E-state index >= 15 is 0 Å². The highest BCUT2D eigenvalue weighted by atomic mass is 16.5. The molecule has 15 heavy (non-hydrogen) atoms. The van der Waals surface area contributed by atoms with Crippen LogP contribution in [0.2, 0.25) is 0 Å². The van der Waals surface area contributed by atoms with Gasteiger partial charge in [-0.3, -0.25) is 0 Å². The van der Waals surface area contributed by atoms with Crippen molar-refractivity contribution in [2.24, 2.45) is 11.7 Å². The highest BCUT2D eigenvalue weighted by Crippen LogP contribution is 2.38. The van der Waals surface area contributed by atoms with Crippen molar-refractivity contribution in [1.82, 2.24) is 0 Å². The molecule has 1 atom stereocenters. The van der Waals surface area contributed by atoms with E-state index in [-0.39, 0.29) is 11.6 Å². The predicted octanol–water partition coefficient (Wildman–Crippen LogP) is 2.88. The van der Waals surface area contributed by atoms with Gasteiger partial charge in [0.25, 0.3) is 0 Å². The van der Waals surface area contributed by atoms with Crippen LogP contribution in [0.1, 0.15) is 46.5 Å². The second-order valence-electron chi connectivity index (χ2n) is 5.00. The Morgan fingerprint density at radius 1 is 1.53 bits per heavy atom. The average Bonchev–Trinajstić information content (AvgIpc) is 2.21. The summed E-state index contributed by atoms with van der Waals surface area (Å²) in [4.78, 5) is 0. The summed E-state index contributed by atoms with van der Waals surface area (Å²) in [5.74, 6) is 0.816. The molecule has 1 fully saturated rings. The Hall–Kier alpha value is -0.340. The van der Waals surface area contributed by atoms with Crippen molar-refractivity contribution >= 4 is 0 Å². The van der Waals surface area contributed by atoms with Gasteiger partial charge in [0.15, 0.2) is 0 Å². The smallest absolute Gasteiger partial charge is 0.0870 e. The molecule has 1 rings (SSSR count). The van der Waals surface area contributed by atoms with Crippen LogP contribution >= 0.6 is 0 Å². The Morgan fingerprint density at radius 2 is 2.07 bits per heavy atom. The normalized spacial score (nSPS) is 33.7. The van der Waals surface area contributed by atoms with E-state index in [4.69, 9.17) is 10.5 Å². The standard InChI is InChI=1S/C13H25NO/c1-5-15-13(12(14)10(2)3)8-6-11(4)7-9-13/h11-12H,2,5-9,14H2,1,3-4H3. The summed E-state index contributed by atoms with van der Waals surface area (Å²) < 4.78 is 5.96. The van der Waals surface area contributed by atoms with E-state index in [0.717, 1.165) is 30.9 Å². The van der Waals surface area contributed by atoms with Crippen LogP contribution in [0, 0.1) is 5.92 Å². The molecule has 0 radical (unpaired) electrons. The molecule has 0 heterocycles. The molecule has 1 aliphatic rings. The van der Waals surface area contributed by atoms with Crippen LogP contribution in [0.15, 0.2) is 12.2 Å². The molecule has 1 saturated carbocycles. The third-order valence-electron chi connectivity index (χ3n) is 3.65. The lowest BCUT2D eigenvalue weighted by Crippen LogP contribution is -2.52. The quantitative estimate of drug-likeness (QED) is 0.726. The first-order chi connectivity index (χ1) is 7.02. The molecular formula is C13H25NO. The lowest BCUT2D eigenvalue weighted by molar-refractivity contribution is -0.0813. The number of ether oxygens (including phenoxy) is 1. The number of hydrogen-bond acceptors (Lipinski definition) is 2. The van der Waals surface area contributed by atoms with Crippen LogP contribution in [0.4, 0.5) is 0 Å². The molecule has 0 saturated heterocycles. The zero-order valence-electron chi connectivity index (χ0n) is 10.4. The number of nitrogens with two attached hydrogens (primary N) is 1. The first kappa shape index (κ1) is 12.7. The van der Waals surface area contributed by atoms with Gasteiger partial charge in [0.05, 0.1) is 11.6 Å². The van der Waals surface area contributed by atoms with Gasteiger partial charge in [-0.15, -0.1) is 0 Å². The van der Waals surface area contributed by atoms with Crippen molar-refractivity contribution in [2.75, 3.05) is 6.61 Å². The lowest BCUT2D eigenvalue weighted by Gasteiger charge is -2.43. The summed E-state index contributed by atoms with van der Waals surface area (Å²) in [6, 6.07) is -0.00931. The van der Waals surface area contributed by atoms with Crippen LogP contribution < -0.4 is 5.73 Å². The highest BCUT2D eigenvalue weighted by Gasteiger charge is 2.40. The molecule has 0 aromatic carbocycles. The van der Waals surface area contributed by atoms with Crippen molar-refractivity contribution in [3.63, 3.8) is 0 Å². The summed E-state index contributed by atoms with van der Waals surface area (Å²) in [6.45, 7) is 11.1. The highest BCUT2D eigenvalue weighted by molar-refractivity contribution is 5.11. The van der Waals surface area contributed by atoms with E-state index in [1.165, 1.54) is 12.8 Å². The fourth-order valence-electron chi connectivity index (χ4n) is 2.53. The third-order valence-corrected chi connectivity index (χ3v) is 3.65. The Morgan fingerprint density at radius 3 is 2.47 bits per heavy atom. The van der Waals surface area contributed by atoms with Crippen molar-refractivity contribution in [2.45, 2.75) is 58.1 Å². The van der Waals surface area contributed by atoms with E-state index in [9.17, 15) is 0 Å². The van der Waals surface area contributed by atoms with Crippen LogP contribution in [0.25, 0.3) is 0 Å². The summed E-state index contributed by atoms with van der Waals surface area (Å²) in [7, 11) is 0. The van der Waals surface area contributed by atoms with Crippen LogP contribution in [0.5, 0.6) is 0 Å². The second-order valence-corrected chi connectivity index (χ2v) is 5.00. The molecule has 0 bridgehead atoms. The van der Waals surface area contributed by atoms with E-state index in [2.05, 4.69) is 13.5 Å². The van der Waals surface area contributed by atoms with E-state index in [1.54, 1.807) is 0 Å². The molecule has 1 unspecified atom stereocenters. The third kappa shape index (κ3) is 2.82. The Kier molecular flexibility index (Phi) is 4.35. The molecule has 1 aliphatic carbocycles. The summed E-state index contributed by atoms with van der Waals surface area (Å²) >= 11 is 0. The molecule has 0 amide bonds. The van der Waals surface area contributed by atoms with Gasteiger partial charge in [-0.2, -0.15) is 0 Å². The van der Waals surface area contributed by atoms with Gasteiger partial charge < -0.3 is 10.5 Å². The zero-order chi connectivity index (χ0) is 11.5. The predicted molar refractivity (Wildman–Crippen MR) is 64.8 cm³/mol. The van der Waals surface area contributed by atoms with Crippen molar-refractivity contribution in [3.8, 4) is 0 Å². The molecule has 0 spiro atoms. The largest absolute Gasteiger partial charge is 0.373 e. The summed E-state index contributed by atoms with van der Waals surface area (Å²) in [6.07, 6.45) is 4.61. The van der Waals surface area contributed by atoms with Crippen molar-refractivity contribution in [1.29, 1.82) is 0 Å². The maximum atomic E-state index is 6.23. The van der Waals surface area contributed by atoms with Gasteiger partial charge in [-0.1, -0.05) is 19.1 Å². The van der Waals surface area contributed by atoms with Gasteiger partial charge in [-0.05, 0) is 45.4 Å². The summed E-state index contributed by atoms with van der Waals surface area (Å²) in [5.41, 5.74) is 7.14. The maximum absolute atomic E-state index is 6.23. The maximum Gasteiger partial charge on any atom is 0.0870 e. The SMILES string of the molecule is C=C(C)C(N)C1(OCC)CCC(C)CC1.